The second kappa shape index (κ2) is 5.32. The second-order valence-corrected chi connectivity index (χ2v) is 4.94. The van der Waals surface area contributed by atoms with Crippen LogP contribution in [0.1, 0.15) is 18.6 Å². The molecule has 0 saturated heterocycles. The van der Waals surface area contributed by atoms with Crippen molar-refractivity contribution in [1.29, 1.82) is 0 Å². The van der Waals surface area contributed by atoms with Crippen molar-refractivity contribution in [2.75, 3.05) is 11.5 Å². The quantitative estimate of drug-likeness (QED) is 0.881. The highest BCUT2D eigenvalue weighted by molar-refractivity contribution is 7.99. The standard InChI is InChI=1S/C13H15NOS/c1-2-16-9-13(15)12-8-14-7-10-5-3-4-6-11(10)12/h3-8,13,15H,2,9H2,1H3. The predicted molar refractivity (Wildman–Crippen MR) is 69.7 cm³/mol. The Kier molecular flexibility index (Phi) is 3.80. The molecule has 0 saturated carbocycles. The van der Waals surface area contributed by atoms with Crippen LogP contribution in [-0.4, -0.2) is 21.6 Å². The van der Waals surface area contributed by atoms with Gasteiger partial charge in [0, 0.05) is 29.1 Å². The molecule has 1 heterocycles. The summed E-state index contributed by atoms with van der Waals surface area (Å²) in [6.07, 6.45) is 3.17. The van der Waals surface area contributed by atoms with Crippen LogP contribution in [-0.2, 0) is 0 Å². The van der Waals surface area contributed by atoms with Gasteiger partial charge in [-0.05, 0) is 11.1 Å². The topological polar surface area (TPSA) is 33.1 Å². The number of rotatable bonds is 4. The molecular formula is C13H15NOS. The fourth-order valence-corrected chi connectivity index (χ4v) is 2.36. The van der Waals surface area contributed by atoms with Crippen molar-refractivity contribution >= 4 is 22.5 Å². The van der Waals surface area contributed by atoms with Gasteiger partial charge in [0.05, 0.1) is 6.10 Å². The molecule has 1 N–H and O–H groups in total. The number of benzene rings is 1. The van der Waals surface area contributed by atoms with Gasteiger partial charge in [-0.2, -0.15) is 11.8 Å². The van der Waals surface area contributed by atoms with Gasteiger partial charge in [-0.1, -0.05) is 31.2 Å². The first-order chi connectivity index (χ1) is 7.83. The van der Waals surface area contributed by atoms with E-state index in [1.807, 2.05) is 30.5 Å². The summed E-state index contributed by atoms with van der Waals surface area (Å²) in [5.41, 5.74) is 0.930. The Morgan fingerprint density at radius 2 is 2.12 bits per heavy atom. The molecule has 0 spiro atoms. The first-order valence-electron chi connectivity index (χ1n) is 5.41. The number of hydrogen-bond acceptors (Lipinski definition) is 3. The summed E-state index contributed by atoms with van der Waals surface area (Å²) >= 11 is 1.74. The minimum atomic E-state index is -0.427. The molecule has 2 rings (SSSR count). The van der Waals surface area contributed by atoms with Crippen LogP contribution in [0.3, 0.4) is 0 Å². The smallest absolute Gasteiger partial charge is 0.0901 e. The number of pyridine rings is 1. The van der Waals surface area contributed by atoms with Crippen molar-refractivity contribution in [2.45, 2.75) is 13.0 Å². The lowest BCUT2D eigenvalue weighted by Crippen LogP contribution is -2.02. The van der Waals surface area contributed by atoms with Crippen LogP contribution in [0.15, 0.2) is 36.7 Å². The van der Waals surface area contributed by atoms with Crippen LogP contribution in [0.5, 0.6) is 0 Å². The van der Waals surface area contributed by atoms with Crippen LogP contribution in [0.25, 0.3) is 10.8 Å². The lowest BCUT2D eigenvalue weighted by atomic mass is 10.0. The van der Waals surface area contributed by atoms with E-state index in [0.29, 0.717) is 0 Å². The summed E-state index contributed by atoms with van der Waals surface area (Å²) in [7, 11) is 0. The molecule has 1 aromatic heterocycles. The summed E-state index contributed by atoms with van der Waals surface area (Å²) in [6.45, 7) is 2.10. The summed E-state index contributed by atoms with van der Waals surface area (Å²) in [5, 5.41) is 12.3. The van der Waals surface area contributed by atoms with E-state index in [1.165, 1.54) is 0 Å². The van der Waals surface area contributed by atoms with Crippen molar-refractivity contribution in [3.8, 4) is 0 Å². The minimum Gasteiger partial charge on any atom is -0.387 e. The highest BCUT2D eigenvalue weighted by Gasteiger charge is 2.10. The van der Waals surface area contributed by atoms with E-state index >= 15 is 0 Å². The zero-order valence-electron chi connectivity index (χ0n) is 9.26. The molecular weight excluding hydrogens is 218 g/mol. The van der Waals surface area contributed by atoms with E-state index in [0.717, 1.165) is 27.8 Å². The first kappa shape index (κ1) is 11.4. The number of thioether (sulfide) groups is 1. The molecule has 0 aliphatic rings. The molecule has 84 valence electrons. The number of aromatic nitrogens is 1. The van der Waals surface area contributed by atoms with Crippen LogP contribution in [0, 0.1) is 0 Å². The number of hydrogen-bond donors (Lipinski definition) is 1. The molecule has 1 unspecified atom stereocenters. The Balaban J connectivity index is 2.36. The Labute approximate surface area is 99.7 Å². The average Bonchev–Trinajstić information content (AvgIpc) is 2.35. The third-order valence-electron chi connectivity index (χ3n) is 2.54. The molecule has 0 fully saturated rings. The van der Waals surface area contributed by atoms with Crippen LogP contribution >= 0.6 is 11.8 Å². The third-order valence-corrected chi connectivity index (χ3v) is 3.50. The zero-order chi connectivity index (χ0) is 11.4. The lowest BCUT2D eigenvalue weighted by Gasteiger charge is -2.12. The molecule has 0 aliphatic carbocycles. The van der Waals surface area contributed by atoms with Crippen LogP contribution in [0.4, 0.5) is 0 Å². The van der Waals surface area contributed by atoms with Gasteiger partial charge in [-0.25, -0.2) is 0 Å². The van der Waals surface area contributed by atoms with Gasteiger partial charge in [0.15, 0.2) is 0 Å². The molecule has 0 amide bonds. The number of aliphatic hydroxyl groups excluding tert-OH is 1. The van der Waals surface area contributed by atoms with Gasteiger partial charge in [-0.15, -0.1) is 0 Å². The SMILES string of the molecule is CCSCC(O)c1cncc2ccccc12. The Morgan fingerprint density at radius 3 is 2.94 bits per heavy atom. The van der Waals surface area contributed by atoms with Crippen molar-refractivity contribution < 1.29 is 5.11 Å². The third kappa shape index (κ3) is 2.36. The predicted octanol–water partition coefficient (Wildman–Crippen LogP) is 3.02. The van der Waals surface area contributed by atoms with Gasteiger partial charge < -0.3 is 5.11 Å². The molecule has 2 nitrogen and oxygen atoms in total. The molecule has 3 heteroatoms. The highest BCUT2D eigenvalue weighted by Crippen LogP contribution is 2.25. The molecule has 1 aromatic carbocycles. The van der Waals surface area contributed by atoms with Gasteiger partial charge >= 0.3 is 0 Å². The van der Waals surface area contributed by atoms with Crippen LogP contribution < -0.4 is 0 Å². The maximum Gasteiger partial charge on any atom is 0.0901 e. The van der Waals surface area contributed by atoms with Crippen LogP contribution in [0.2, 0.25) is 0 Å². The average molecular weight is 233 g/mol. The van der Waals surface area contributed by atoms with Crippen molar-refractivity contribution in [3.63, 3.8) is 0 Å². The fraction of sp³-hybridized carbons (Fsp3) is 0.308. The Hall–Kier alpha value is -1.06. The largest absolute Gasteiger partial charge is 0.387 e. The first-order valence-corrected chi connectivity index (χ1v) is 6.57. The normalized spacial score (nSPS) is 12.9. The van der Waals surface area contributed by atoms with E-state index in [-0.39, 0.29) is 0 Å². The Morgan fingerprint density at radius 1 is 1.31 bits per heavy atom. The second-order valence-electron chi connectivity index (χ2n) is 3.63. The summed E-state index contributed by atoms with van der Waals surface area (Å²) < 4.78 is 0. The van der Waals surface area contributed by atoms with E-state index in [9.17, 15) is 5.11 Å². The van der Waals surface area contributed by atoms with E-state index in [4.69, 9.17) is 0 Å². The maximum atomic E-state index is 10.1. The number of fused-ring (bicyclic) bond motifs is 1. The van der Waals surface area contributed by atoms with E-state index in [1.54, 1.807) is 18.0 Å². The summed E-state index contributed by atoms with van der Waals surface area (Å²) in [4.78, 5) is 4.17. The molecule has 16 heavy (non-hydrogen) atoms. The van der Waals surface area contributed by atoms with Crippen molar-refractivity contribution in [3.05, 3.63) is 42.2 Å². The summed E-state index contributed by atoms with van der Waals surface area (Å²) in [6, 6.07) is 8.03. The zero-order valence-corrected chi connectivity index (χ0v) is 10.1. The molecule has 1 atom stereocenters. The molecule has 0 bridgehead atoms. The molecule has 0 radical (unpaired) electrons. The number of nitrogens with zero attached hydrogens (tertiary/aromatic N) is 1. The Bertz CT molecular complexity index is 467. The number of aliphatic hydroxyl groups is 1. The van der Waals surface area contributed by atoms with Gasteiger partial charge in [-0.3, -0.25) is 4.98 Å². The van der Waals surface area contributed by atoms with Crippen molar-refractivity contribution in [2.24, 2.45) is 0 Å². The highest BCUT2D eigenvalue weighted by atomic mass is 32.2. The molecule has 0 aliphatic heterocycles. The molecule has 2 aromatic rings. The van der Waals surface area contributed by atoms with Gasteiger partial charge in [0.1, 0.15) is 0 Å². The fourth-order valence-electron chi connectivity index (χ4n) is 1.72. The maximum absolute atomic E-state index is 10.1. The monoisotopic (exact) mass is 233 g/mol. The van der Waals surface area contributed by atoms with Gasteiger partial charge in [0.25, 0.3) is 0 Å². The van der Waals surface area contributed by atoms with Gasteiger partial charge in [0.2, 0.25) is 0 Å². The van der Waals surface area contributed by atoms with E-state index < -0.39 is 6.10 Å². The van der Waals surface area contributed by atoms with Crippen molar-refractivity contribution in [1.82, 2.24) is 4.98 Å². The lowest BCUT2D eigenvalue weighted by molar-refractivity contribution is 0.205. The minimum absolute atomic E-state index is 0.427. The van der Waals surface area contributed by atoms with E-state index in [2.05, 4.69) is 11.9 Å². The summed E-state index contributed by atoms with van der Waals surface area (Å²) in [5.74, 6) is 1.75.